The molecule has 9 heteroatoms. The van der Waals surface area contributed by atoms with Gasteiger partial charge in [0, 0.05) is 16.1 Å². The average molecular weight is 382 g/mol. The van der Waals surface area contributed by atoms with Crippen LogP contribution >= 0.6 is 11.6 Å². The standard InChI is InChI=1S/C16H13ClFN3O3S/c17-13-7-5-11(6-8-13)16-20-15(24-21-16)9-19-25(22,23)10-12-3-1-2-4-14(12)18/h1-8,19H,9-10H2. The van der Waals surface area contributed by atoms with Crippen LogP contribution in [0.2, 0.25) is 5.02 Å². The maximum absolute atomic E-state index is 13.6. The number of rotatable bonds is 6. The maximum Gasteiger partial charge on any atom is 0.242 e. The van der Waals surface area contributed by atoms with Crippen LogP contribution in [0.3, 0.4) is 0 Å². The molecule has 0 unspecified atom stereocenters. The molecule has 0 aliphatic rings. The van der Waals surface area contributed by atoms with E-state index in [1.165, 1.54) is 18.2 Å². The molecule has 3 rings (SSSR count). The van der Waals surface area contributed by atoms with Gasteiger partial charge in [-0.15, -0.1) is 0 Å². The normalized spacial score (nSPS) is 11.6. The fourth-order valence-corrected chi connectivity index (χ4v) is 3.30. The van der Waals surface area contributed by atoms with Crippen molar-refractivity contribution in [1.82, 2.24) is 14.9 Å². The lowest BCUT2D eigenvalue weighted by atomic mass is 10.2. The van der Waals surface area contributed by atoms with Crippen LogP contribution in [0.25, 0.3) is 11.4 Å². The van der Waals surface area contributed by atoms with Crippen molar-refractivity contribution >= 4 is 21.6 Å². The quantitative estimate of drug-likeness (QED) is 0.709. The number of aromatic nitrogens is 2. The molecule has 0 fully saturated rings. The van der Waals surface area contributed by atoms with Gasteiger partial charge in [0.1, 0.15) is 5.82 Å². The fourth-order valence-electron chi connectivity index (χ4n) is 2.09. The second-order valence-electron chi connectivity index (χ2n) is 5.19. The maximum atomic E-state index is 13.6. The Bertz CT molecular complexity index is 974. The summed E-state index contributed by atoms with van der Waals surface area (Å²) in [5.41, 5.74) is 0.774. The second kappa shape index (κ2) is 7.30. The molecule has 0 aliphatic carbocycles. The van der Waals surface area contributed by atoms with Crippen molar-refractivity contribution in [1.29, 1.82) is 0 Å². The van der Waals surface area contributed by atoms with E-state index in [4.69, 9.17) is 16.1 Å². The van der Waals surface area contributed by atoms with Crippen LogP contribution in [0.4, 0.5) is 4.39 Å². The molecule has 0 saturated carbocycles. The van der Waals surface area contributed by atoms with Gasteiger partial charge >= 0.3 is 0 Å². The monoisotopic (exact) mass is 381 g/mol. The van der Waals surface area contributed by atoms with Crippen molar-refractivity contribution in [3.63, 3.8) is 0 Å². The Morgan fingerprint density at radius 3 is 2.56 bits per heavy atom. The summed E-state index contributed by atoms with van der Waals surface area (Å²) in [6.07, 6.45) is 0. The van der Waals surface area contributed by atoms with Gasteiger partial charge in [-0.2, -0.15) is 4.98 Å². The van der Waals surface area contributed by atoms with Gasteiger partial charge in [0.25, 0.3) is 0 Å². The summed E-state index contributed by atoms with van der Waals surface area (Å²) in [7, 11) is -3.75. The number of hydrogen-bond donors (Lipinski definition) is 1. The molecule has 0 radical (unpaired) electrons. The molecule has 3 aromatic rings. The molecule has 0 amide bonds. The van der Waals surface area contributed by atoms with Crippen LogP contribution in [0.1, 0.15) is 11.5 Å². The minimum absolute atomic E-state index is 0.0855. The van der Waals surface area contributed by atoms with E-state index < -0.39 is 21.6 Å². The number of nitrogens with zero attached hydrogens (tertiary/aromatic N) is 2. The first-order chi connectivity index (χ1) is 11.9. The Kier molecular flexibility index (Phi) is 5.12. The smallest absolute Gasteiger partial charge is 0.242 e. The molecule has 1 heterocycles. The third-order valence-corrected chi connectivity index (χ3v) is 4.84. The van der Waals surface area contributed by atoms with Gasteiger partial charge in [0.2, 0.25) is 21.7 Å². The predicted octanol–water partition coefficient (Wildman–Crippen LogP) is 3.15. The zero-order valence-corrected chi connectivity index (χ0v) is 14.4. The Balaban J connectivity index is 1.65. The first kappa shape index (κ1) is 17.5. The van der Waals surface area contributed by atoms with Crippen LogP contribution < -0.4 is 4.72 Å². The lowest BCUT2D eigenvalue weighted by Crippen LogP contribution is -2.25. The number of sulfonamides is 1. The first-order valence-electron chi connectivity index (χ1n) is 7.22. The number of benzene rings is 2. The van der Waals surface area contributed by atoms with Gasteiger partial charge < -0.3 is 4.52 Å². The van der Waals surface area contributed by atoms with Gasteiger partial charge in [-0.3, -0.25) is 0 Å². The molecule has 0 spiro atoms. The zero-order valence-electron chi connectivity index (χ0n) is 12.8. The summed E-state index contributed by atoms with van der Waals surface area (Å²) in [6.45, 7) is -0.183. The minimum atomic E-state index is -3.75. The summed E-state index contributed by atoms with van der Waals surface area (Å²) in [5.74, 6) is -0.629. The Hall–Kier alpha value is -2.29. The van der Waals surface area contributed by atoms with Crippen LogP contribution in [-0.2, 0) is 22.3 Å². The summed E-state index contributed by atoms with van der Waals surface area (Å²) >= 11 is 5.81. The SMILES string of the molecule is O=S(=O)(Cc1ccccc1F)NCc1nc(-c2ccc(Cl)cc2)no1. The van der Waals surface area contributed by atoms with E-state index >= 15 is 0 Å². The highest BCUT2D eigenvalue weighted by atomic mass is 35.5. The zero-order chi connectivity index (χ0) is 17.9. The van der Waals surface area contributed by atoms with Gasteiger partial charge in [-0.25, -0.2) is 17.5 Å². The highest BCUT2D eigenvalue weighted by molar-refractivity contribution is 7.88. The van der Waals surface area contributed by atoms with Crippen molar-refractivity contribution in [3.05, 3.63) is 70.8 Å². The predicted molar refractivity (Wildman–Crippen MR) is 90.6 cm³/mol. The van der Waals surface area contributed by atoms with E-state index in [0.717, 1.165) is 0 Å². The lowest BCUT2D eigenvalue weighted by molar-refractivity contribution is 0.376. The van der Waals surface area contributed by atoms with Gasteiger partial charge in [0.05, 0.1) is 12.3 Å². The summed E-state index contributed by atoms with van der Waals surface area (Å²) < 4.78 is 45.0. The first-order valence-corrected chi connectivity index (χ1v) is 9.25. The van der Waals surface area contributed by atoms with E-state index in [-0.39, 0.29) is 18.0 Å². The molecule has 0 bridgehead atoms. The largest absolute Gasteiger partial charge is 0.338 e. The summed E-state index contributed by atoms with van der Waals surface area (Å²) in [5, 5.41) is 4.37. The van der Waals surface area contributed by atoms with E-state index in [1.54, 1.807) is 30.3 Å². The number of nitrogens with one attached hydrogen (secondary N) is 1. The molecular formula is C16H13ClFN3O3S. The Labute approximate surface area is 148 Å². The molecule has 130 valence electrons. The Morgan fingerprint density at radius 2 is 1.84 bits per heavy atom. The molecule has 2 aromatic carbocycles. The van der Waals surface area contributed by atoms with Crippen LogP contribution in [0, 0.1) is 5.82 Å². The lowest BCUT2D eigenvalue weighted by Gasteiger charge is -2.05. The fraction of sp³-hybridized carbons (Fsp3) is 0.125. The van der Waals surface area contributed by atoms with E-state index in [1.807, 2.05) is 0 Å². The van der Waals surface area contributed by atoms with Crippen molar-refractivity contribution in [2.75, 3.05) is 0 Å². The number of halogens is 2. The van der Waals surface area contributed by atoms with E-state index in [9.17, 15) is 12.8 Å². The van der Waals surface area contributed by atoms with Gasteiger partial charge in [-0.1, -0.05) is 35.0 Å². The molecule has 1 N–H and O–H groups in total. The van der Waals surface area contributed by atoms with E-state index in [0.29, 0.717) is 16.4 Å². The molecule has 0 atom stereocenters. The molecule has 25 heavy (non-hydrogen) atoms. The Morgan fingerprint density at radius 1 is 1.12 bits per heavy atom. The molecule has 0 saturated heterocycles. The van der Waals surface area contributed by atoms with Crippen LogP contribution in [0.15, 0.2) is 53.1 Å². The molecule has 1 aromatic heterocycles. The third-order valence-electron chi connectivity index (χ3n) is 3.32. The second-order valence-corrected chi connectivity index (χ2v) is 7.43. The van der Waals surface area contributed by atoms with Gasteiger partial charge in [0.15, 0.2) is 0 Å². The van der Waals surface area contributed by atoms with Crippen LogP contribution in [0.5, 0.6) is 0 Å². The molecular weight excluding hydrogens is 369 g/mol. The highest BCUT2D eigenvalue weighted by Gasteiger charge is 2.16. The van der Waals surface area contributed by atoms with Crippen molar-refractivity contribution in [2.24, 2.45) is 0 Å². The molecule has 0 aliphatic heterocycles. The molecule has 6 nitrogen and oxygen atoms in total. The topological polar surface area (TPSA) is 85.1 Å². The highest BCUT2D eigenvalue weighted by Crippen LogP contribution is 2.18. The van der Waals surface area contributed by atoms with Crippen LogP contribution in [-0.4, -0.2) is 18.6 Å². The van der Waals surface area contributed by atoms with Gasteiger partial charge in [-0.05, 0) is 30.3 Å². The minimum Gasteiger partial charge on any atom is -0.338 e. The summed E-state index contributed by atoms with van der Waals surface area (Å²) in [4.78, 5) is 4.12. The summed E-state index contributed by atoms with van der Waals surface area (Å²) in [6, 6.07) is 12.5. The van der Waals surface area contributed by atoms with Crippen molar-refractivity contribution in [3.8, 4) is 11.4 Å². The average Bonchev–Trinajstić information content (AvgIpc) is 3.05. The van der Waals surface area contributed by atoms with E-state index in [2.05, 4.69) is 14.9 Å². The number of hydrogen-bond acceptors (Lipinski definition) is 5. The third kappa shape index (κ3) is 4.62. The van der Waals surface area contributed by atoms with Crippen molar-refractivity contribution < 1.29 is 17.3 Å². The van der Waals surface area contributed by atoms with Crippen molar-refractivity contribution in [2.45, 2.75) is 12.3 Å².